The predicted octanol–water partition coefficient (Wildman–Crippen LogP) is 2.16. The Morgan fingerprint density at radius 3 is 2.19 bits per heavy atom. The van der Waals surface area contributed by atoms with Crippen LogP contribution in [0.5, 0.6) is 11.5 Å². The van der Waals surface area contributed by atoms with Gasteiger partial charge in [0.2, 0.25) is 0 Å². The average molecular weight is 371 g/mol. The Kier molecular flexibility index (Phi) is 6.76. The minimum Gasteiger partial charge on any atom is -0.490 e. The topological polar surface area (TPSA) is 120 Å². The van der Waals surface area contributed by atoms with E-state index in [-0.39, 0.29) is 11.3 Å². The number of nitrogens with two attached hydrogens (primary N) is 1. The molecule has 0 bridgehead atoms. The van der Waals surface area contributed by atoms with E-state index in [1.807, 2.05) is 13.8 Å². The summed E-state index contributed by atoms with van der Waals surface area (Å²) in [5, 5.41) is 4.85. The van der Waals surface area contributed by atoms with E-state index in [0.717, 1.165) is 0 Å². The van der Waals surface area contributed by atoms with Crippen molar-refractivity contribution in [1.29, 1.82) is 0 Å². The molecule has 0 aromatic heterocycles. The number of carbonyl (C=O) groups excluding carboxylic acids is 3. The van der Waals surface area contributed by atoms with Crippen molar-refractivity contribution in [2.24, 2.45) is 5.73 Å². The Labute approximate surface area is 156 Å². The number of carbonyl (C=O) groups is 3. The first-order valence-electron chi connectivity index (χ1n) is 8.37. The maximum absolute atomic E-state index is 12.2. The number of hydrogen-bond donors (Lipinski definition) is 3. The standard InChI is InChI=1S/C19H21N3O5/c1-3-26-15-10-9-12(11-16(15)27-4-2)21-18(24)19(25)22-14-8-6-5-7-13(14)17(20)23/h5-11H,3-4H2,1-2H3,(H2,20,23)(H,21,24)(H,22,25). The summed E-state index contributed by atoms with van der Waals surface area (Å²) >= 11 is 0. The molecule has 0 unspecified atom stereocenters. The number of amides is 3. The normalized spacial score (nSPS) is 10.0. The Bertz CT molecular complexity index is 851. The molecule has 0 spiro atoms. The highest BCUT2D eigenvalue weighted by molar-refractivity contribution is 6.44. The minimum absolute atomic E-state index is 0.110. The third-order valence-corrected chi connectivity index (χ3v) is 3.45. The van der Waals surface area contributed by atoms with Crippen molar-refractivity contribution >= 4 is 29.1 Å². The fraction of sp³-hybridized carbons (Fsp3) is 0.211. The molecule has 2 rings (SSSR count). The molecule has 0 fully saturated rings. The quantitative estimate of drug-likeness (QED) is 0.644. The zero-order valence-electron chi connectivity index (χ0n) is 15.1. The maximum atomic E-state index is 12.2. The van der Waals surface area contributed by atoms with Gasteiger partial charge in [-0.15, -0.1) is 0 Å². The van der Waals surface area contributed by atoms with Crippen LogP contribution in [0.4, 0.5) is 11.4 Å². The zero-order valence-corrected chi connectivity index (χ0v) is 15.1. The Hall–Kier alpha value is -3.55. The van der Waals surface area contributed by atoms with Crippen molar-refractivity contribution in [2.45, 2.75) is 13.8 Å². The van der Waals surface area contributed by atoms with Crippen LogP contribution in [0.15, 0.2) is 42.5 Å². The van der Waals surface area contributed by atoms with Crippen LogP contribution in [0.25, 0.3) is 0 Å². The molecule has 0 saturated heterocycles. The number of anilines is 2. The molecule has 27 heavy (non-hydrogen) atoms. The van der Waals surface area contributed by atoms with E-state index in [9.17, 15) is 14.4 Å². The molecule has 2 aromatic rings. The molecule has 0 aliphatic rings. The smallest absolute Gasteiger partial charge is 0.314 e. The van der Waals surface area contributed by atoms with Gasteiger partial charge in [0.05, 0.1) is 24.5 Å². The van der Waals surface area contributed by atoms with E-state index in [1.165, 1.54) is 12.1 Å². The molecule has 3 amide bonds. The molecule has 8 nitrogen and oxygen atoms in total. The van der Waals surface area contributed by atoms with Crippen LogP contribution in [0.3, 0.4) is 0 Å². The molecule has 0 aliphatic heterocycles. The second-order valence-electron chi connectivity index (χ2n) is 5.35. The van der Waals surface area contributed by atoms with Crippen LogP contribution in [0.1, 0.15) is 24.2 Å². The van der Waals surface area contributed by atoms with Crippen LogP contribution in [0.2, 0.25) is 0 Å². The first-order chi connectivity index (χ1) is 13.0. The van der Waals surface area contributed by atoms with Gasteiger partial charge < -0.3 is 25.8 Å². The molecule has 8 heteroatoms. The highest BCUT2D eigenvalue weighted by Crippen LogP contribution is 2.30. The monoisotopic (exact) mass is 371 g/mol. The lowest BCUT2D eigenvalue weighted by Gasteiger charge is -2.13. The highest BCUT2D eigenvalue weighted by Gasteiger charge is 2.18. The molecule has 2 aromatic carbocycles. The fourth-order valence-electron chi connectivity index (χ4n) is 2.30. The van der Waals surface area contributed by atoms with Crippen molar-refractivity contribution in [3.8, 4) is 11.5 Å². The van der Waals surface area contributed by atoms with Gasteiger partial charge in [-0.1, -0.05) is 12.1 Å². The Morgan fingerprint density at radius 2 is 1.52 bits per heavy atom. The summed E-state index contributed by atoms with van der Waals surface area (Å²) in [5.41, 5.74) is 5.89. The lowest BCUT2D eigenvalue weighted by molar-refractivity contribution is -0.133. The summed E-state index contributed by atoms with van der Waals surface area (Å²) in [5.74, 6) is -1.55. The van der Waals surface area contributed by atoms with Crippen LogP contribution < -0.4 is 25.8 Å². The number of rotatable bonds is 7. The van der Waals surface area contributed by atoms with Crippen molar-refractivity contribution in [2.75, 3.05) is 23.8 Å². The van der Waals surface area contributed by atoms with E-state index >= 15 is 0 Å². The van der Waals surface area contributed by atoms with Gasteiger partial charge in [-0.2, -0.15) is 0 Å². The number of benzene rings is 2. The van der Waals surface area contributed by atoms with Gasteiger partial charge in [-0.25, -0.2) is 0 Å². The van der Waals surface area contributed by atoms with Crippen LogP contribution in [-0.4, -0.2) is 30.9 Å². The summed E-state index contributed by atoms with van der Waals surface area (Å²) in [4.78, 5) is 35.7. The number of hydrogen-bond acceptors (Lipinski definition) is 5. The van der Waals surface area contributed by atoms with E-state index in [4.69, 9.17) is 15.2 Å². The van der Waals surface area contributed by atoms with Crippen LogP contribution in [0, 0.1) is 0 Å². The first-order valence-corrected chi connectivity index (χ1v) is 8.37. The fourth-order valence-corrected chi connectivity index (χ4v) is 2.30. The van der Waals surface area contributed by atoms with E-state index in [1.54, 1.807) is 30.3 Å². The molecule has 0 aliphatic carbocycles. The second kappa shape index (κ2) is 9.23. The molecule has 0 atom stereocenters. The minimum atomic E-state index is -0.935. The molecule has 0 heterocycles. The van der Waals surface area contributed by atoms with Gasteiger partial charge in [-0.3, -0.25) is 14.4 Å². The van der Waals surface area contributed by atoms with Gasteiger partial charge in [0.1, 0.15) is 0 Å². The maximum Gasteiger partial charge on any atom is 0.314 e. The SMILES string of the molecule is CCOc1ccc(NC(=O)C(=O)Nc2ccccc2C(N)=O)cc1OCC. The summed E-state index contributed by atoms with van der Waals surface area (Å²) in [6.45, 7) is 4.56. The van der Waals surface area contributed by atoms with Crippen LogP contribution >= 0.6 is 0 Å². The lowest BCUT2D eigenvalue weighted by Crippen LogP contribution is -2.30. The predicted molar refractivity (Wildman–Crippen MR) is 101 cm³/mol. The molecule has 4 N–H and O–H groups in total. The van der Waals surface area contributed by atoms with Gasteiger partial charge in [0.15, 0.2) is 11.5 Å². The van der Waals surface area contributed by atoms with Crippen molar-refractivity contribution < 1.29 is 23.9 Å². The van der Waals surface area contributed by atoms with E-state index in [2.05, 4.69) is 10.6 Å². The van der Waals surface area contributed by atoms with Gasteiger partial charge in [-0.05, 0) is 38.1 Å². The van der Waals surface area contributed by atoms with Crippen molar-refractivity contribution in [3.63, 3.8) is 0 Å². The lowest BCUT2D eigenvalue weighted by atomic mass is 10.1. The van der Waals surface area contributed by atoms with Gasteiger partial charge >= 0.3 is 11.8 Å². The summed E-state index contributed by atoms with van der Waals surface area (Å²) in [7, 11) is 0. The van der Waals surface area contributed by atoms with Gasteiger partial charge in [0.25, 0.3) is 5.91 Å². The third-order valence-electron chi connectivity index (χ3n) is 3.45. The molecule has 0 radical (unpaired) electrons. The van der Waals surface area contributed by atoms with Crippen molar-refractivity contribution in [3.05, 3.63) is 48.0 Å². The highest BCUT2D eigenvalue weighted by atomic mass is 16.5. The number of ether oxygens (including phenoxy) is 2. The van der Waals surface area contributed by atoms with E-state index < -0.39 is 17.7 Å². The van der Waals surface area contributed by atoms with E-state index in [0.29, 0.717) is 30.4 Å². The zero-order chi connectivity index (χ0) is 19.8. The molecule has 142 valence electrons. The largest absolute Gasteiger partial charge is 0.490 e. The summed E-state index contributed by atoms with van der Waals surface area (Å²) in [6.07, 6.45) is 0. The van der Waals surface area contributed by atoms with Crippen molar-refractivity contribution in [1.82, 2.24) is 0 Å². The number of nitrogens with one attached hydrogen (secondary N) is 2. The summed E-state index contributed by atoms with van der Waals surface area (Å²) in [6, 6.07) is 11.0. The average Bonchev–Trinajstić information content (AvgIpc) is 2.64. The Balaban J connectivity index is 2.11. The number of para-hydroxylation sites is 1. The first kappa shape index (κ1) is 19.8. The molecular formula is C19H21N3O5. The number of primary amides is 1. The van der Waals surface area contributed by atoms with Gasteiger partial charge in [0, 0.05) is 11.8 Å². The second-order valence-corrected chi connectivity index (χ2v) is 5.35. The molecule has 0 saturated carbocycles. The molecular weight excluding hydrogens is 350 g/mol. The Morgan fingerprint density at radius 1 is 0.889 bits per heavy atom. The third kappa shape index (κ3) is 5.21. The summed E-state index contributed by atoms with van der Waals surface area (Å²) < 4.78 is 10.9. The van der Waals surface area contributed by atoms with Crippen LogP contribution in [-0.2, 0) is 9.59 Å².